The van der Waals surface area contributed by atoms with Gasteiger partial charge in [-0.3, -0.25) is 0 Å². The van der Waals surface area contributed by atoms with Crippen LogP contribution in [-0.2, 0) is 0 Å². The third-order valence-electron chi connectivity index (χ3n) is 2.02. The van der Waals surface area contributed by atoms with Crippen LogP contribution in [0.5, 0.6) is 0 Å². The number of anilines is 2. The van der Waals surface area contributed by atoms with Crippen LogP contribution in [0.25, 0.3) is 0 Å². The van der Waals surface area contributed by atoms with Gasteiger partial charge < -0.3 is 5.32 Å². The van der Waals surface area contributed by atoms with Gasteiger partial charge in [-0.05, 0) is 40.5 Å². The van der Waals surface area contributed by atoms with Crippen molar-refractivity contribution in [1.82, 2.24) is 9.97 Å². The zero-order valence-electron chi connectivity index (χ0n) is 8.54. The first-order valence-electron chi connectivity index (χ1n) is 4.66. The SMILES string of the molecule is Cc1ccc(Nc2cc(F)ncn2)c(Br)c1. The van der Waals surface area contributed by atoms with E-state index in [1.54, 1.807) is 0 Å². The monoisotopic (exact) mass is 281 g/mol. The minimum absolute atomic E-state index is 0.428. The summed E-state index contributed by atoms with van der Waals surface area (Å²) < 4.78 is 13.7. The highest BCUT2D eigenvalue weighted by atomic mass is 79.9. The van der Waals surface area contributed by atoms with Crippen molar-refractivity contribution in [3.05, 3.63) is 46.6 Å². The van der Waals surface area contributed by atoms with Crippen molar-refractivity contribution >= 4 is 27.4 Å². The van der Waals surface area contributed by atoms with Crippen LogP contribution in [0, 0.1) is 12.9 Å². The molecule has 0 bridgehead atoms. The molecule has 0 radical (unpaired) electrons. The van der Waals surface area contributed by atoms with Gasteiger partial charge in [0.1, 0.15) is 12.1 Å². The van der Waals surface area contributed by atoms with Gasteiger partial charge in [-0.25, -0.2) is 9.97 Å². The summed E-state index contributed by atoms with van der Waals surface area (Å²) in [6, 6.07) is 7.08. The van der Waals surface area contributed by atoms with Crippen LogP contribution < -0.4 is 5.32 Å². The highest BCUT2D eigenvalue weighted by Gasteiger charge is 2.02. The lowest BCUT2D eigenvalue weighted by Crippen LogP contribution is -1.96. The molecule has 0 atom stereocenters. The Morgan fingerprint density at radius 1 is 1.25 bits per heavy atom. The molecule has 5 heteroatoms. The largest absolute Gasteiger partial charge is 0.339 e. The molecule has 0 aliphatic carbocycles. The van der Waals surface area contributed by atoms with Gasteiger partial charge in [0.05, 0.1) is 5.69 Å². The van der Waals surface area contributed by atoms with Crippen molar-refractivity contribution in [3.63, 3.8) is 0 Å². The summed E-state index contributed by atoms with van der Waals surface area (Å²) in [6.45, 7) is 2.00. The van der Waals surface area contributed by atoms with E-state index >= 15 is 0 Å². The van der Waals surface area contributed by atoms with Gasteiger partial charge in [0.2, 0.25) is 5.95 Å². The van der Waals surface area contributed by atoms with E-state index in [2.05, 4.69) is 31.2 Å². The molecular weight excluding hydrogens is 273 g/mol. The molecule has 0 saturated heterocycles. The molecule has 0 aliphatic heterocycles. The molecule has 16 heavy (non-hydrogen) atoms. The Hall–Kier alpha value is -1.49. The van der Waals surface area contributed by atoms with E-state index in [-0.39, 0.29) is 0 Å². The minimum atomic E-state index is -0.555. The van der Waals surface area contributed by atoms with E-state index in [1.807, 2.05) is 25.1 Å². The lowest BCUT2D eigenvalue weighted by molar-refractivity contribution is 0.580. The second kappa shape index (κ2) is 4.57. The first-order chi connectivity index (χ1) is 7.65. The molecular formula is C11H9BrFN3. The third kappa shape index (κ3) is 2.55. The molecule has 0 saturated carbocycles. The topological polar surface area (TPSA) is 37.8 Å². The Morgan fingerprint density at radius 2 is 2.06 bits per heavy atom. The Morgan fingerprint density at radius 3 is 2.75 bits per heavy atom. The molecule has 1 N–H and O–H groups in total. The normalized spacial score (nSPS) is 10.2. The second-order valence-corrected chi connectivity index (χ2v) is 4.19. The van der Waals surface area contributed by atoms with Gasteiger partial charge in [-0.2, -0.15) is 4.39 Å². The first kappa shape index (κ1) is 11.0. The molecule has 1 aromatic carbocycles. The van der Waals surface area contributed by atoms with Crippen molar-refractivity contribution in [2.75, 3.05) is 5.32 Å². The zero-order valence-corrected chi connectivity index (χ0v) is 10.1. The van der Waals surface area contributed by atoms with Gasteiger partial charge in [0.25, 0.3) is 0 Å². The Kier molecular flexibility index (Phi) is 3.14. The Bertz CT molecular complexity index is 516. The number of aryl methyl sites for hydroxylation is 1. The fraction of sp³-hybridized carbons (Fsp3) is 0.0909. The van der Waals surface area contributed by atoms with Crippen molar-refractivity contribution in [1.29, 1.82) is 0 Å². The van der Waals surface area contributed by atoms with E-state index < -0.39 is 5.95 Å². The van der Waals surface area contributed by atoms with Crippen molar-refractivity contribution < 1.29 is 4.39 Å². The summed E-state index contributed by atoms with van der Waals surface area (Å²) >= 11 is 3.42. The number of nitrogens with zero attached hydrogens (tertiary/aromatic N) is 2. The van der Waals surface area contributed by atoms with Crippen molar-refractivity contribution in [3.8, 4) is 0 Å². The van der Waals surface area contributed by atoms with Crippen molar-refractivity contribution in [2.24, 2.45) is 0 Å². The zero-order chi connectivity index (χ0) is 11.5. The lowest BCUT2D eigenvalue weighted by atomic mass is 10.2. The Labute approximate surface area is 101 Å². The second-order valence-electron chi connectivity index (χ2n) is 3.33. The van der Waals surface area contributed by atoms with Gasteiger partial charge in [-0.15, -0.1) is 0 Å². The van der Waals surface area contributed by atoms with Crippen LogP contribution in [0.15, 0.2) is 35.1 Å². The molecule has 0 fully saturated rings. The molecule has 2 rings (SSSR count). The van der Waals surface area contributed by atoms with Crippen LogP contribution in [0.3, 0.4) is 0 Å². The fourth-order valence-electron chi connectivity index (χ4n) is 1.26. The standard InChI is InChI=1S/C11H9BrFN3/c1-7-2-3-9(8(12)4-7)16-11-5-10(13)14-6-15-11/h2-6H,1H3,(H,14,15,16). The molecule has 82 valence electrons. The number of aromatic nitrogens is 2. The van der Waals surface area contributed by atoms with Crippen LogP contribution in [-0.4, -0.2) is 9.97 Å². The summed E-state index contributed by atoms with van der Waals surface area (Å²) in [5.41, 5.74) is 1.98. The van der Waals surface area contributed by atoms with Gasteiger partial charge >= 0.3 is 0 Å². The van der Waals surface area contributed by atoms with Crippen LogP contribution >= 0.6 is 15.9 Å². The molecule has 0 amide bonds. The number of hydrogen-bond acceptors (Lipinski definition) is 3. The maximum atomic E-state index is 12.8. The molecule has 3 nitrogen and oxygen atoms in total. The first-order valence-corrected chi connectivity index (χ1v) is 5.45. The van der Waals surface area contributed by atoms with Crippen LogP contribution in [0.2, 0.25) is 0 Å². The van der Waals surface area contributed by atoms with E-state index in [4.69, 9.17) is 0 Å². The molecule has 1 heterocycles. The number of benzene rings is 1. The highest BCUT2D eigenvalue weighted by molar-refractivity contribution is 9.10. The van der Waals surface area contributed by atoms with Crippen molar-refractivity contribution in [2.45, 2.75) is 6.92 Å². The van der Waals surface area contributed by atoms with Crippen LogP contribution in [0.4, 0.5) is 15.9 Å². The molecule has 0 unspecified atom stereocenters. The van der Waals surface area contributed by atoms with E-state index in [0.29, 0.717) is 5.82 Å². The number of nitrogens with one attached hydrogen (secondary N) is 1. The van der Waals surface area contributed by atoms with Gasteiger partial charge in [-0.1, -0.05) is 6.07 Å². The quantitative estimate of drug-likeness (QED) is 0.857. The maximum Gasteiger partial charge on any atom is 0.218 e. The minimum Gasteiger partial charge on any atom is -0.339 e. The fourth-order valence-corrected chi connectivity index (χ4v) is 1.85. The summed E-state index contributed by atoms with van der Waals surface area (Å²) in [7, 11) is 0. The highest BCUT2D eigenvalue weighted by Crippen LogP contribution is 2.25. The maximum absolute atomic E-state index is 12.8. The summed E-state index contributed by atoms with van der Waals surface area (Å²) in [6.07, 6.45) is 1.18. The molecule has 0 aliphatic rings. The summed E-state index contributed by atoms with van der Waals surface area (Å²) in [5.74, 6) is -0.127. The molecule has 0 spiro atoms. The average molecular weight is 282 g/mol. The van der Waals surface area contributed by atoms with Gasteiger partial charge in [0, 0.05) is 10.5 Å². The Balaban J connectivity index is 2.27. The lowest BCUT2D eigenvalue weighted by Gasteiger charge is -2.07. The molecule has 1 aromatic heterocycles. The van der Waals surface area contributed by atoms with E-state index in [1.165, 1.54) is 12.4 Å². The number of rotatable bonds is 2. The van der Waals surface area contributed by atoms with E-state index in [0.717, 1.165) is 15.7 Å². The van der Waals surface area contributed by atoms with E-state index in [9.17, 15) is 4.39 Å². The number of hydrogen-bond donors (Lipinski definition) is 1. The van der Waals surface area contributed by atoms with Crippen LogP contribution in [0.1, 0.15) is 5.56 Å². The predicted octanol–water partition coefficient (Wildman–Crippen LogP) is 3.43. The smallest absolute Gasteiger partial charge is 0.218 e. The van der Waals surface area contributed by atoms with Gasteiger partial charge in [0.15, 0.2) is 0 Å². The molecule has 2 aromatic rings. The predicted molar refractivity (Wildman–Crippen MR) is 64.2 cm³/mol. The third-order valence-corrected chi connectivity index (χ3v) is 2.68. The average Bonchev–Trinajstić information content (AvgIpc) is 2.22. The summed E-state index contributed by atoms with van der Waals surface area (Å²) in [5, 5.41) is 3.00. The summed E-state index contributed by atoms with van der Waals surface area (Å²) in [4.78, 5) is 7.30. The number of halogens is 2.